The highest BCUT2D eigenvalue weighted by molar-refractivity contribution is 8.18. The van der Waals surface area contributed by atoms with Crippen molar-refractivity contribution in [2.45, 2.75) is 0 Å². The van der Waals surface area contributed by atoms with E-state index >= 15 is 0 Å². The van der Waals surface area contributed by atoms with E-state index in [2.05, 4.69) is 11.6 Å². The average molecular weight is 440 g/mol. The molecule has 1 heterocycles. The Morgan fingerprint density at radius 2 is 2.00 bits per heavy atom. The Bertz CT molecular complexity index is 1110. The van der Waals surface area contributed by atoms with Crippen molar-refractivity contribution in [2.75, 3.05) is 20.8 Å². The molecule has 0 spiro atoms. The lowest BCUT2D eigenvalue weighted by atomic mass is 10.1. The molecule has 0 aromatic heterocycles. The maximum atomic E-state index is 13.0. The summed E-state index contributed by atoms with van der Waals surface area (Å²) in [6.45, 7) is 3.92. The van der Waals surface area contributed by atoms with Crippen molar-refractivity contribution in [3.8, 4) is 17.2 Å². The number of hydrogen-bond acceptors (Lipinski definition) is 7. The smallest absolute Gasteiger partial charge is 0.339 e. The first-order chi connectivity index (χ1) is 14.9. The molecule has 0 radical (unpaired) electrons. The molecule has 9 heteroatoms. The van der Waals surface area contributed by atoms with Gasteiger partial charge in [-0.2, -0.15) is 0 Å². The molecule has 1 fully saturated rings. The van der Waals surface area contributed by atoms with Gasteiger partial charge >= 0.3 is 5.97 Å². The number of hydrogen-bond donors (Lipinski definition) is 2. The largest absolute Gasteiger partial charge is 0.507 e. The standard InChI is InChI=1S/C22H20N2O6S/c1-4-9-24-20(26)19(11-13-10-15(29-2)6-8-18(13)30-3)31-22(24)23-14-5-7-16(21(27)28)17(25)12-14/h4-8,10-12,25H,1,9H2,2-3H3,(H,27,28)/b19-11-,23-22?. The van der Waals surface area contributed by atoms with Crippen LogP contribution in [0.1, 0.15) is 15.9 Å². The van der Waals surface area contributed by atoms with Crippen molar-refractivity contribution in [3.63, 3.8) is 0 Å². The lowest BCUT2D eigenvalue weighted by molar-refractivity contribution is -0.121. The number of benzene rings is 2. The monoisotopic (exact) mass is 440 g/mol. The number of thioether (sulfide) groups is 1. The normalized spacial score (nSPS) is 16.1. The molecular formula is C22H20N2O6S. The predicted octanol–water partition coefficient (Wildman–Crippen LogP) is 3.90. The SMILES string of the molecule is C=CCN1C(=O)/C(=C/c2cc(OC)ccc2OC)SC1=Nc1ccc(C(=O)O)c(O)c1. The fourth-order valence-corrected chi connectivity index (χ4v) is 3.85. The Morgan fingerprint density at radius 3 is 2.61 bits per heavy atom. The molecular weight excluding hydrogens is 420 g/mol. The summed E-state index contributed by atoms with van der Waals surface area (Å²) in [7, 11) is 3.09. The fraction of sp³-hybridized carbons (Fsp3) is 0.136. The number of aromatic carboxylic acids is 1. The summed E-state index contributed by atoms with van der Waals surface area (Å²) >= 11 is 1.15. The summed E-state index contributed by atoms with van der Waals surface area (Å²) in [4.78, 5) is 30.3. The zero-order valence-electron chi connectivity index (χ0n) is 16.9. The minimum atomic E-state index is -1.24. The number of aliphatic imine (C=N–C) groups is 1. The lowest BCUT2D eigenvalue weighted by Crippen LogP contribution is -2.29. The van der Waals surface area contributed by atoms with Gasteiger partial charge in [0.25, 0.3) is 5.91 Å². The van der Waals surface area contributed by atoms with E-state index in [-0.39, 0.29) is 18.0 Å². The molecule has 0 atom stereocenters. The number of rotatable bonds is 7. The highest BCUT2D eigenvalue weighted by atomic mass is 32.2. The number of nitrogens with zero attached hydrogens (tertiary/aromatic N) is 2. The number of carbonyl (C=O) groups is 2. The molecule has 1 aliphatic rings. The van der Waals surface area contributed by atoms with Crippen LogP contribution in [0.2, 0.25) is 0 Å². The maximum absolute atomic E-state index is 13.0. The Kier molecular flexibility index (Phi) is 6.66. The third-order valence-corrected chi connectivity index (χ3v) is 5.37. The van der Waals surface area contributed by atoms with Gasteiger partial charge in [-0.15, -0.1) is 6.58 Å². The summed E-state index contributed by atoms with van der Waals surface area (Å²) in [5.74, 6) is -0.714. The molecule has 1 saturated heterocycles. The molecule has 1 aliphatic heterocycles. The quantitative estimate of drug-likeness (QED) is 0.496. The number of carboxylic acids is 1. The molecule has 0 aliphatic carbocycles. The molecule has 2 aromatic rings. The number of phenols is 1. The van der Waals surface area contributed by atoms with E-state index in [9.17, 15) is 14.7 Å². The van der Waals surface area contributed by atoms with Crippen LogP contribution in [0, 0.1) is 0 Å². The minimum Gasteiger partial charge on any atom is -0.507 e. The van der Waals surface area contributed by atoms with Gasteiger partial charge in [-0.05, 0) is 48.2 Å². The molecule has 3 rings (SSSR count). The highest BCUT2D eigenvalue weighted by Gasteiger charge is 2.33. The zero-order chi connectivity index (χ0) is 22.5. The van der Waals surface area contributed by atoms with Crippen molar-refractivity contribution < 1.29 is 29.3 Å². The Morgan fingerprint density at radius 1 is 1.23 bits per heavy atom. The first-order valence-electron chi connectivity index (χ1n) is 9.07. The first-order valence-corrected chi connectivity index (χ1v) is 9.89. The molecule has 0 bridgehead atoms. The van der Waals surface area contributed by atoms with Gasteiger partial charge in [0, 0.05) is 18.2 Å². The summed E-state index contributed by atoms with van der Waals surface area (Å²) < 4.78 is 10.6. The number of carboxylic acid groups (broad SMARTS) is 1. The van der Waals surface area contributed by atoms with Crippen LogP contribution in [0.3, 0.4) is 0 Å². The maximum Gasteiger partial charge on any atom is 0.339 e. The molecule has 2 N–H and O–H groups in total. The molecule has 1 amide bonds. The van der Waals surface area contributed by atoms with Gasteiger partial charge < -0.3 is 19.7 Å². The van der Waals surface area contributed by atoms with Crippen LogP contribution in [0.15, 0.2) is 59.0 Å². The van der Waals surface area contributed by atoms with Crippen molar-refractivity contribution >= 4 is 40.6 Å². The van der Waals surface area contributed by atoms with Gasteiger partial charge in [0.1, 0.15) is 22.8 Å². The molecule has 0 unspecified atom stereocenters. The van der Waals surface area contributed by atoms with Crippen LogP contribution in [0.4, 0.5) is 5.69 Å². The molecule has 2 aromatic carbocycles. The first kappa shape index (κ1) is 22.0. The van der Waals surface area contributed by atoms with E-state index in [1.54, 1.807) is 37.5 Å². The van der Waals surface area contributed by atoms with E-state index in [0.717, 1.165) is 11.8 Å². The summed E-state index contributed by atoms with van der Waals surface area (Å²) in [5.41, 5.74) is 0.751. The molecule has 160 valence electrons. The van der Waals surface area contributed by atoms with Crippen LogP contribution in [-0.4, -0.2) is 52.9 Å². The van der Waals surface area contributed by atoms with Crippen molar-refractivity contribution in [3.05, 3.63) is 65.1 Å². The van der Waals surface area contributed by atoms with Crippen molar-refractivity contribution in [2.24, 2.45) is 4.99 Å². The molecule has 31 heavy (non-hydrogen) atoms. The second kappa shape index (κ2) is 9.40. The van der Waals surface area contributed by atoms with Crippen LogP contribution in [0.5, 0.6) is 17.2 Å². The summed E-state index contributed by atoms with van der Waals surface area (Å²) in [6.07, 6.45) is 3.27. The van der Waals surface area contributed by atoms with Crippen molar-refractivity contribution in [1.82, 2.24) is 4.90 Å². The highest BCUT2D eigenvalue weighted by Crippen LogP contribution is 2.37. The number of amides is 1. The van der Waals surface area contributed by atoms with Crippen LogP contribution in [-0.2, 0) is 4.79 Å². The minimum absolute atomic E-state index is 0.229. The van der Waals surface area contributed by atoms with E-state index < -0.39 is 11.7 Å². The summed E-state index contributed by atoms with van der Waals surface area (Å²) in [5, 5.41) is 19.3. The number of methoxy groups -OCH3 is 2. The second-order valence-electron chi connectivity index (χ2n) is 6.32. The van der Waals surface area contributed by atoms with Gasteiger partial charge in [-0.25, -0.2) is 9.79 Å². The third kappa shape index (κ3) is 4.72. The topological polar surface area (TPSA) is 109 Å². The second-order valence-corrected chi connectivity index (χ2v) is 7.33. The van der Waals surface area contributed by atoms with Crippen LogP contribution >= 0.6 is 11.8 Å². The zero-order valence-corrected chi connectivity index (χ0v) is 17.7. The number of amidine groups is 1. The number of ether oxygens (including phenoxy) is 2. The van der Waals surface area contributed by atoms with E-state index in [4.69, 9.17) is 14.6 Å². The van der Waals surface area contributed by atoms with E-state index in [1.807, 2.05) is 0 Å². The number of carbonyl (C=O) groups excluding carboxylic acids is 1. The predicted molar refractivity (Wildman–Crippen MR) is 119 cm³/mol. The summed E-state index contributed by atoms with van der Waals surface area (Å²) in [6, 6.07) is 9.22. The van der Waals surface area contributed by atoms with Gasteiger partial charge in [0.05, 0.1) is 24.8 Å². The molecule has 8 nitrogen and oxygen atoms in total. The molecule has 0 saturated carbocycles. The third-order valence-electron chi connectivity index (χ3n) is 4.36. The van der Waals surface area contributed by atoms with E-state index in [1.165, 1.54) is 30.2 Å². The number of aromatic hydroxyl groups is 1. The Balaban J connectivity index is 2.00. The van der Waals surface area contributed by atoms with Gasteiger partial charge in [-0.3, -0.25) is 9.69 Å². The Hall–Kier alpha value is -3.72. The Labute approximate surface area is 183 Å². The lowest BCUT2D eigenvalue weighted by Gasteiger charge is -2.12. The van der Waals surface area contributed by atoms with Gasteiger partial charge in [0.15, 0.2) is 5.17 Å². The van der Waals surface area contributed by atoms with Crippen LogP contribution < -0.4 is 9.47 Å². The average Bonchev–Trinajstić information content (AvgIpc) is 3.02. The van der Waals surface area contributed by atoms with E-state index in [0.29, 0.717) is 32.8 Å². The van der Waals surface area contributed by atoms with Crippen molar-refractivity contribution in [1.29, 1.82) is 0 Å². The van der Waals surface area contributed by atoms with Gasteiger partial charge in [0.2, 0.25) is 0 Å². The van der Waals surface area contributed by atoms with Gasteiger partial charge in [-0.1, -0.05) is 6.08 Å². The fourth-order valence-electron chi connectivity index (χ4n) is 2.86. The van der Waals surface area contributed by atoms with Crippen LogP contribution in [0.25, 0.3) is 6.08 Å².